The molecule has 0 bridgehead atoms. The Morgan fingerprint density at radius 2 is 2.04 bits per heavy atom. The van der Waals surface area contributed by atoms with Crippen LogP contribution in [-0.4, -0.2) is 41.6 Å². The second kappa shape index (κ2) is 8.21. The number of likely N-dealkylation sites (tertiary alicyclic amines) is 1. The van der Waals surface area contributed by atoms with Crippen molar-refractivity contribution in [2.75, 3.05) is 20.1 Å². The van der Waals surface area contributed by atoms with Gasteiger partial charge >= 0.3 is 0 Å². The van der Waals surface area contributed by atoms with E-state index in [0.717, 1.165) is 32.0 Å². The van der Waals surface area contributed by atoms with Gasteiger partial charge in [-0.2, -0.15) is 0 Å². The lowest BCUT2D eigenvalue weighted by molar-refractivity contribution is 0.258. The van der Waals surface area contributed by atoms with Crippen LogP contribution in [0.2, 0.25) is 0 Å². The van der Waals surface area contributed by atoms with Gasteiger partial charge in [-0.15, -0.1) is 0 Å². The Morgan fingerprint density at radius 3 is 2.72 bits per heavy atom. The van der Waals surface area contributed by atoms with E-state index >= 15 is 0 Å². The van der Waals surface area contributed by atoms with Crippen molar-refractivity contribution in [3.63, 3.8) is 0 Å². The molecule has 1 aromatic carbocycles. The lowest BCUT2D eigenvalue weighted by Crippen LogP contribution is -2.44. The smallest absolute Gasteiger partial charge is 0.191 e. The number of benzene rings is 1. The van der Waals surface area contributed by atoms with Crippen LogP contribution in [0, 0.1) is 0 Å². The molecule has 1 saturated heterocycles. The van der Waals surface area contributed by atoms with E-state index in [9.17, 15) is 0 Å². The number of guanidine groups is 1. The van der Waals surface area contributed by atoms with Crippen molar-refractivity contribution in [3.8, 4) is 0 Å². The third kappa shape index (κ3) is 4.42. The first kappa shape index (κ1) is 17.5. The molecule has 0 saturated carbocycles. The molecule has 5 heteroatoms. The number of rotatable bonds is 5. The number of aryl methyl sites for hydroxylation is 1. The highest BCUT2D eigenvalue weighted by Crippen LogP contribution is 2.24. The molecule has 134 valence electrons. The normalized spacial score (nSPS) is 19.8. The molecule has 1 aromatic heterocycles. The predicted molar refractivity (Wildman–Crippen MR) is 104 cm³/mol. The van der Waals surface area contributed by atoms with Gasteiger partial charge in [0.2, 0.25) is 0 Å². The third-order valence-corrected chi connectivity index (χ3v) is 5.10. The summed E-state index contributed by atoms with van der Waals surface area (Å²) in [4.78, 5) is 6.91. The molecular weight excluding hydrogens is 310 g/mol. The Labute approximate surface area is 150 Å². The van der Waals surface area contributed by atoms with Crippen molar-refractivity contribution < 1.29 is 0 Å². The molecule has 2 aromatic rings. The van der Waals surface area contributed by atoms with Gasteiger partial charge in [0.05, 0.1) is 6.54 Å². The van der Waals surface area contributed by atoms with Crippen molar-refractivity contribution in [1.82, 2.24) is 20.1 Å². The van der Waals surface area contributed by atoms with Gasteiger partial charge < -0.3 is 15.2 Å². The highest BCUT2D eigenvalue weighted by molar-refractivity contribution is 5.80. The molecule has 0 amide bonds. The number of aromatic nitrogens is 1. The van der Waals surface area contributed by atoms with Gasteiger partial charge in [-0.3, -0.25) is 9.89 Å². The number of nitrogens with zero attached hydrogens (tertiary/aromatic N) is 3. The van der Waals surface area contributed by atoms with Gasteiger partial charge in [0.1, 0.15) is 0 Å². The Morgan fingerprint density at radius 1 is 1.24 bits per heavy atom. The summed E-state index contributed by atoms with van der Waals surface area (Å²) in [7, 11) is 3.90. The third-order valence-electron chi connectivity index (χ3n) is 5.10. The molecular formula is C20H29N5. The maximum Gasteiger partial charge on any atom is 0.191 e. The maximum absolute atomic E-state index is 4.38. The van der Waals surface area contributed by atoms with Crippen LogP contribution in [0.5, 0.6) is 0 Å². The minimum Gasteiger partial charge on any atom is -0.353 e. The first-order valence-electron chi connectivity index (χ1n) is 9.03. The molecule has 25 heavy (non-hydrogen) atoms. The highest BCUT2D eigenvalue weighted by Gasteiger charge is 2.27. The summed E-state index contributed by atoms with van der Waals surface area (Å²) in [6, 6.07) is 15.8. The summed E-state index contributed by atoms with van der Waals surface area (Å²) in [6.45, 7) is 5.23. The van der Waals surface area contributed by atoms with Gasteiger partial charge in [-0.25, -0.2) is 0 Å². The van der Waals surface area contributed by atoms with Crippen LogP contribution < -0.4 is 10.6 Å². The van der Waals surface area contributed by atoms with Crippen molar-refractivity contribution in [2.45, 2.75) is 32.0 Å². The lowest BCUT2D eigenvalue weighted by atomic mass is 10.1. The molecule has 2 unspecified atom stereocenters. The second-order valence-electron chi connectivity index (χ2n) is 6.75. The largest absolute Gasteiger partial charge is 0.353 e. The van der Waals surface area contributed by atoms with Gasteiger partial charge in [-0.05, 0) is 31.0 Å². The number of aliphatic imine (C=N–C) groups is 1. The maximum atomic E-state index is 4.38. The topological polar surface area (TPSA) is 44.6 Å². The van der Waals surface area contributed by atoms with E-state index < -0.39 is 0 Å². The summed E-state index contributed by atoms with van der Waals surface area (Å²) in [5.74, 6) is 0.875. The standard InChI is InChI=1S/C20H29N5/c1-16(17-8-5-4-6-9-17)25-13-11-18(15-25)23-20(21-2)22-14-19-10-7-12-24(19)3/h4-10,12,16,18H,11,13-15H2,1-3H3,(H2,21,22,23). The van der Waals surface area contributed by atoms with Gasteiger partial charge in [-0.1, -0.05) is 30.3 Å². The minimum absolute atomic E-state index is 0.436. The molecule has 0 aliphatic carbocycles. The molecule has 0 radical (unpaired) electrons. The predicted octanol–water partition coefficient (Wildman–Crippen LogP) is 2.53. The molecule has 3 rings (SSSR count). The van der Waals surface area contributed by atoms with Crippen LogP contribution in [0.25, 0.3) is 0 Å². The average molecular weight is 339 g/mol. The van der Waals surface area contributed by atoms with E-state index in [1.807, 2.05) is 7.05 Å². The Balaban J connectivity index is 1.50. The summed E-state index contributed by atoms with van der Waals surface area (Å²) in [5.41, 5.74) is 2.63. The minimum atomic E-state index is 0.436. The second-order valence-corrected chi connectivity index (χ2v) is 6.75. The van der Waals surface area contributed by atoms with Gasteiger partial charge in [0.15, 0.2) is 5.96 Å². The molecule has 1 aliphatic heterocycles. The van der Waals surface area contributed by atoms with Crippen molar-refractivity contribution in [2.24, 2.45) is 12.0 Å². The van der Waals surface area contributed by atoms with Crippen LogP contribution >= 0.6 is 0 Å². The number of hydrogen-bond acceptors (Lipinski definition) is 2. The van der Waals surface area contributed by atoms with Crippen LogP contribution in [0.3, 0.4) is 0 Å². The van der Waals surface area contributed by atoms with E-state index in [1.165, 1.54) is 11.3 Å². The van der Waals surface area contributed by atoms with E-state index in [-0.39, 0.29) is 0 Å². The lowest BCUT2D eigenvalue weighted by Gasteiger charge is -2.25. The Kier molecular flexibility index (Phi) is 5.76. The van der Waals surface area contributed by atoms with Crippen LogP contribution in [0.15, 0.2) is 53.7 Å². The van der Waals surface area contributed by atoms with Crippen LogP contribution in [-0.2, 0) is 13.6 Å². The zero-order valence-electron chi connectivity index (χ0n) is 15.4. The summed E-state index contributed by atoms with van der Waals surface area (Å²) >= 11 is 0. The fourth-order valence-electron chi connectivity index (χ4n) is 3.44. The first-order valence-corrected chi connectivity index (χ1v) is 9.03. The zero-order chi connectivity index (χ0) is 17.6. The fourth-order valence-corrected chi connectivity index (χ4v) is 3.44. The first-order chi connectivity index (χ1) is 12.2. The molecule has 0 spiro atoms. The molecule has 1 fully saturated rings. The van der Waals surface area contributed by atoms with Gasteiger partial charge in [0.25, 0.3) is 0 Å². The van der Waals surface area contributed by atoms with Crippen molar-refractivity contribution >= 4 is 5.96 Å². The monoisotopic (exact) mass is 339 g/mol. The number of hydrogen-bond donors (Lipinski definition) is 2. The van der Waals surface area contributed by atoms with Gasteiger partial charge in [0, 0.05) is 51.2 Å². The molecule has 2 heterocycles. The van der Waals surface area contributed by atoms with E-state index in [4.69, 9.17) is 0 Å². The fraction of sp³-hybridized carbons (Fsp3) is 0.450. The van der Waals surface area contributed by atoms with Crippen LogP contribution in [0.4, 0.5) is 0 Å². The van der Waals surface area contributed by atoms with Crippen molar-refractivity contribution in [3.05, 3.63) is 59.9 Å². The van der Waals surface area contributed by atoms with Crippen LogP contribution in [0.1, 0.15) is 30.6 Å². The van der Waals surface area contributed by atoms with E-state index in [0.29, 0.717) is 12.1 Å². The summed E-state index contributed by atoms with van der Waals surface area (Å²) in [5, 5.41) is 6.99. The highest BCUT2D eigenvalue weighted by atomic mass is 15.3. The Hall–Kier alpha value is -2.27. The van der Waals surface area contributed by atoms with Crippen molar-refractivity contribution in [1.29, 1.82) is 0 Å². The average Bonchev–Trinajstić information content (AvgIpc) is 3.27. The quantitative estimate of drug-likeness (QED) is 0.650. The molecule has 2 N–H and O–H groups in total. The Bertz CT molecular complexity index is 691. The van der Waals surface area contributed by atoms with E-state index in [2.05, 4.69) is 87.7 Å². The van der Waals surface area contributed by atoms with E-state index in [1.54, 1.807) is 0 Å². The number of nitrogens with one attached hydrogen (secondary N) is 2. The molecule has 5 nitrogen and oxygen atoms in total. The molecule has 1 aliphatic rings. The molecule has 2 atom stereocenters. The summed E-state index contributed by atoms with van der Waals surface area (Å²) in [6.07, 6.45) is 3.20. The SMILES string of the molecule is CN=C(NCc1cccn1C)NC1CCN(C(C)c2ccccc2)C1. The summed E-state index contributed by atoms with van der Waals surface area (Å²) < 4.78 is 2.12. The zero-order valence-corrected chi connectivity index (χ0v) is 15.4.